The van der Waals surface area contributed by atoms with Crippen LogP contribution in [0.2, 0.25) is 0 Å². The zero-order chi connectivity index (χ0) is 6.78. The average molecular weight is 115 g/mol. The minimum Gasteiger partial charge on any atom is -0.322 e. The summed E-state index contributed by atoms with van der Waals surface area (Å²) in [5.74, 6) is 0. The SMILES string of the molecule is C=C(CN)[N+](C)(C)C. The van der Waals surface area contributed by atoms with Crippen molar-refractivity contribution in [3.05, 3.63) is 12.3 Å². The predicted octanol–water partition coefficient (Wildman–Crippen LogP) is 0.165. The highest BCUT2D eigenvalue weighted by atomic mass is 15.3. The van der Waals surface area contributed by atoms with Crippen LogP contribution in [0, 0.1) is 0 Å². The third kappa shape index (κ3) is 2.09. The van der Waals surface area contributed by atoms with Gasteiger partial charge in [0.05, 0.1) is 27.7 Å². The molecule has 8 heavy (non-hydrogen) atoms. The third-order valence-electron chi connectivity index (χ3n) is 1.18. The van der Waals surface area contributed by atoms with Gasteiger partial charge in [-0.25, -0.2) is 0 Å². The van der Waals surface area contributed by atoms with E-state index >= 15 is 0 Å². The summed E-state index contributed by atoms with van der Waals surface area (Å²) in [7, 11) is 6.15. The Balaban J connectivity index is 3.82. The zero-order valence-corrected chi connectivity index (χ0v) is 5.94. The molecule has 0 heterocycles. The van der Waals surface area contributed by atoms with E-state index in [1.807, 2.05) is 0 Å². The molecule has 48 valence electrons. The fourth-order valence-corrected chi connectivity index (χ4v) is 0.274. The van der Waals surface area contributed by atoms with Crippen molar-refractivity contribution in [1.29, 1.82) is 0 Å². The molecule has 2 N–H and O–H groups in total. The Morgan fingerprint density at radius 2 is 1.88 bits per heavy atom. The summed E-state index contributed by atoms with van der Waals surface area (Å²) in [4.78, 5) is 0. The van der Waals surface area contributed by atoms with Crippen molar-refractivity contribution in [2.45, 2.75) is 0 Å². The van der Waals surface area contributed by atoms with E-state index in [0.717, 1.165) is 10.2 Å². The molecule has 0 spiro atoms. The summed E-state index contributed by atoms with van der Waals surface area (Å²) in [5.41, 5.74) is 6.39. The van der Waals surface area contributed by atoms with Crippen LogP contribution in [-0.4, -0.2) is 32.2 Å². The van der Waals surface area contributed by atoms with E-state index in [-0.39, 0.29) is 0 Å². The number of rotatable bonds is 2. The van der Waals surface area contributed by atoms with Crippen LogP contribution in [0.4, 0.5) is 0 Å². The summed E-state index contributed by atoms with van der Waals surface area (Å²) < 4.78 is 0.760. The Morgan fingerprint density at radius 3 is 1.88 bits per heavy atom. The van der Waals surface area contributed by atoms with Gasteiger partial charge in [0.1, 0.15) is 5.70 Å². The van der Waals surface area contributed by atoms with Crippen molar-refractivity contribution < 1.29 is 4.48 Å². The van der Waals surface area contributed by atoms with Gasteiger partial charge in [0, 0.05) is 0 Å². The van der Waals surface area contributed by atoms with Crippen molar-refractivity contribution >= 4 is 0 Å². The molecule has 0 aliphatic heterocycles. The highest BCUT2D eigenvalue weighted by molar-refractivity contribution is 4.82. The molecular formula is C6H15N2+. The molecule has 0 aromatic heterocycles. The van der Waals surface area contributed by atoms with Gasteiger partial charge in [-0.1, -0.05) is 0 Å². The molecule has 0 aromatic carbocycles. The van der Waals surface area contributed by atoms with Gasteiger partial charge in [-0.05, 0) is 6.58 Å². The van der Waals surface area contributed by atoms with Gasteiger partial charge in [-0.2, -0.15) is 0 Å². The lowest BCUT2D eigenvalue weighted by Crippen LogP contribution is -2.36. The van der Waals surface area contributed by atoms with Crippen molar-refractivity contribution in [3.63, 3.8) is 0 Å². The monoisotopic (exact) mass is 115 g/mol. The maximum atomic E-state index is 5.34. The first-order valence-electron chi connectivity index (χ1n) is 2.68. The third-order valence-corrected chi connectivity index (χ3v) is 1.18. The number of nitrogens with two attached hydrogens (primary N) is 1. The molecule has 0 aliphatic rings. The maximum Gasteiger partial charge on any atom is 0.115 e. The normalized spacial score (nSPS) is 11.5. The molecule has 0 atom stereocenters. The van der Waals surface area contributed by atoms with Gasteiger partial charge in [-0.15, -0.1) is 0 Å². The lowest BCUT2D eigenvalue weighted by Gasteiger charge is -2.24. The van der Waals surface area contributed by atoms with Gasteiger partial charge >= 0.3 is 0 Å². The molecule has 0 rings (SSSR count). The van der Waals surface area contributed by atoms with E-state index in [2.05, 4.69) is 27.7 Å². The first-order valence-corrected chi connectivity index (χ1v) is 2.68. The Morgan fingerprint density at radius 1 is 1.50 bits per heavy atom. The van der Waals surface area contributed by atoms with Crippen LogP contribution in [-0.2, 0) is 0 Å². The van der Waals surface area contributed by atoms with E-state index in [0.29, 0.717) is 6.54 Å². The number of hydrogen-bond acceptors (Lipinski definition) is 1. The number of hydrogen-bond donors (Lipinski definition) is 1. The number of likely N-dealkylation sites (N-methyl/N-ethyl adjacent to an activating group) is 1. The summed E-state index contributed by atoms with van der Waals surface area (Å²) >= 11 is 0. The number of quaternary nitrogens is 1. The first kappa shape index (κ1) is 7.66. The highest BCUT2D eigenvalue weighted by Gasteiger charge is 2.09. The minimum atomic E-state index is 0.573. The molecule has 0 aliphatic carbocycles. The molecule has 0 saturated heterocycles. The molecule has 0 amide bonds. The first-order chi connectivity index (χ1) is 3.48. The lowest BCUT2D eigenvalue weighted by molar-refractivity contribution is -0.831. The highest BCUT2D eigenvalue weighted by Crippen LogP contribution is 2.00. The standard InChI is InChI=1S/C6H15N2/c1-6(5-7)8(2,3)4/h1,5,7H2,2-4H3/q+1. The van der Waals surface area contributed by atoms with Gasteiger partial charge in [0.15, 0.2) is 0 Å². The molecule has 2 heteroatoms. The second-order valence-corrected chi connectivity index (χ2v) is 2.78. The summed E-state index contributed by atoms with van der Waals surface area (Å²) in [6.07, 6.45) is 0. The van der Waals surface area contributed by atoms with E-state index in [1.54, 1.807) is 0 Å². The Hall–Kier alpha value is -0.340. The van der Waals surface area contributed by atoms with Gasteiger partial charge < -0.3 is 10.2 Å². The van der Waals surface area contributed by atoms with Crippen molar-refractivity contribution in [2.75, 3.05) is 27.7 Å². The summed E-state index contributed by atoms with van der Waals surface area (Å²) in [6.45, 7) is 4.36. The minimum absolute atomic E-state index is 0.573. The van der Waals surface area contributed by atoms with E-state index < -0.39 is 0 Å². The Kier molecular flexibility index (Phi) is 2.19. The van der Waals surface area contributed by atoms with E-state index in [1.165, 1.54) is 0 Å². The Bertz CT molecular complexity index is 89.2. The van der Waals surface area contributed by atoms with Crippen LogP contribution >= 0.6 is 0 Å². The average Bonchev–Trinajstić information content (AvgIpc) is 1.62. The lowest BCUT2D eigenvalue weighted by atomic mass is 10.4. The Labute approximate surface area is 51.2 Å². The largest absolute Gasteiger partial charge is 0.322 e. The van der Waals surface area contributed by atoms with Gasteiger partial charge in [0.2, 0.25) is 0 Å². The summed E-state index contributed by atoms with van der Waals surface area (Å²) in [5, 5.41) is 0. The van der Waals surface area contributed by atoms with E-state index in [9.17, 15) is 0 Å². The fourth-order valence-electron chi connectivity index (χ4n) is 0.274. The molecular weight excluding hydrogens is 100 g/mol. The van der Waals surface area contributed by atoms with Crippen LogP contribution in [0.1, 0.15) is 0 Å². The molecule has 0 bridgehead atoms. The molecule has 2 nitrogen and oxygen atoms in total. The molecule has 0 unspecified atom stereocenters. The second-order valence-electron chi connectivity index (χ2n) is 2.78. The molecule has 0 radical (unpaired) electrons. The van der Waals surface area contributed by atoms with Crippen molar-refractivity contribution in [1.82, 2.24) is 0 Å². The van der Waals surface area contributed by atoms with Crippen LogP contribution in [0.3, 0.4) is 0 Å². The zero-order valence-electron chi connectivity index (χ0n) is 5.94. The topological polar surface area (TPSA) is 26.0 Å². The van der Waals surface area contributed by atoms with Crippen molar-refractivity contribution in [2.24, 2.45) is 5.73 Å². The fraction of sp³-hybridized carbons (Fsp3) is 0.667. The molecule has 0 saturated carbocycles. The van der Waals surface area contributed by atoms with Crippen LogP contribution in [0.15, 0.2) is 12.3 Å². The van der Waals surface area contributed by atoms with Gasteiger partial charge in [-0.3, -0.25) is 0 Å². The van der Waals surface area contributed by atoms with Crippen LogP contribution in [0.5, 0.6) is 0 Å². The summed E-state index contributed by atoms with van der Waals surface area (Å²) in [6, 6.07) is 0. The number of nitrogens with zero attached hydrogens (tertiary/aromatic N) is 1. The van der Waals surface area contributed by atoms with Crippen molar-refractivity contribution in [3.8, 4) is 0 Å². The second kappa shape index (κ2) is 2.29. The van der Waals surface area contributed by atoms with E-state index in [4.69, 9.17) is 5.73 Å². The predicted molar refractivity (Wildman–Crippen MR) is 36.2 cm³/mol. The molecule has 0 aromatic rings. The van der Waals surface area contributed by atoms with Crippen LogP contribution in [0.25, 0.3) is 0 Å². The molecule has 0 fully saturated rings. The smallest absolute Gasteiger partial charge is 0.115 e. The van der Waals surface area contributed by atoms with Crippen LogP contribution < -0.4 is 5.73 Å². The maximum absolute atomic E-state index is 5.34. The quantitative estimate of drug-likeness (QED) is 0.510. The van der Waals surface area contributed by atoms with Gasteiger partial charge in [0.25, 0.3) is 0 Å².